The van der Waals surface area contributed by atoms with E-state index in [0.29, 0.717) is 45.8 Å². The van der Waals surface area contributed by atoms with E-state index in [9.17, 15) is 10.1 Å². The van der Waals surface area contributed by atoms with Gasteiger partial charge in [0.05, 0.1) is 40.7 Å². The SMILES string of the molecule is CCOc1cc2ncc(C#N)c(Nc3ccc(C#N)cc3)c2cc1NC(C)=O. The number of ether oxygens (including phenoxy) is 1. The van der Waals surface area contributed by atoms with Gasteiger partial charge in [0, 0.05) is 30.3 Å². The molecule has 0 aliphatic heterocycles. The van der Waals surface area contributed by atoms with Crippen molar-refractivity contribution in [2.24, 2.45) is 0 Å². The lowest BCUT2D eigenvalue weighted by atomic mass is 10.1. The molecule has 0 bridgehead atoms. The molecule has 138 valence electrons. The van der Waals surface area contributed by atoms with Crippen LogP contribution in [-0.4, -0.2) is 17.5 Å². The number of nitriles is 2. The van der Waals surface area contributed by atoms with Crippen molar-refractivity contribution in [3.8, 4) is 17.9 Å². The van der Waals surface area contributed by atoms with Crippen molar-refractivity contribution in [1.82, 2.24) is 4.98 Å². The molecule has 3 rings (SSSR count). The molecule has 0 saturated heterocycles. The van der Waals surface area contributed by atoms with Crippen LogP contribution in [0.25, 0.3) is 10.9 Å². The van der Waals surface area contributed by atoms with Gasteiger partial charge in [0.1, 0.15) is 11.8 Å². The molecule has 2 aromatic carbocycles. The van der Waals surface area contributed by atoms with Gasteiger partial charge in [-0.1, -0.05) is 0 Å². The van der Waals surface area contributed by atoms with Crippen molar-refractivity contribution in [3.63, 3.8) is 0 Å². The summed E-state index contributed by atoms with van der Waals surface area (Å²) in [5.41, 5.74) is 3.30. The summed E-state index contributed by atoms with van der Waals surface area (Å²) >= 11 is 0. The normalized spacial score (nSPS) is 10.0. The molecule has 1 amide bonds. The highest BCUT2D eigenvalue weighted by Crippen LogP contribution is 2.36. The molecule has 7 nitrogen and oxygen atoms in total. The van der Waals surface area contributed by atoms with Gasteiger partial charge in [-0.3, -0.25) is 9.78 Å². The van der Waals surface area contributed by atoms with Gasteiger partial charge in [-0.05, 0) is 37.3 Å². The number of amides is 1. The molecular formula is C21H17N5O2. The number of nitrogens with one attached hydrogen (secondary N) is 2. The second-order valence-electron chi connectivity index (χ2n) is 5.95. The van der Waals surface area contributed by atoms with E-state index in [1.807, 2.05) is 6.92 Å². The number of pyridine rings is 1. The van der Waals surface area contributed by atoms with Crippen molar-refractivity contribution in [2.45, 2.75) is 13.8 Å². The smallest absolute Gasteiger partial charge is 0.221 e. The van der Waals surface area contributed by atoms with Crippen LogP contribution in [0.1, 0.15) is 25.0 Å². The monoisotopic (exact) mass is 371 g/mol. The highest BCUT2D eigenvalue weighted by molar-refractivity contribution is 6.01. The van der Waals surface area contributed by atoms with Gasteiger partial charge in [0.25, 0.3) is 0 Å². The third-order valence-corrected chi connectivity index (χ3v) is 3.98. The van der Waals surface area contributed by atoms with Crippen LogP contribution in [0.15, 0.2) is 42.6 Å². The number of aromatic nitrogens is 1. The van der Waals surface area contributed by atoms with Crippen molar-refractivity contribution >= 4 is 33.9 Å². The molecule has 0 radical (unpaired) electrons. The van der Waals surface area contributed by atoms with E-state index in [0.717, 1.165) is 5.69 Å². The van der Waals surface area contributed by atoms with Crippen LogP contribution in [0, 0.1) is 22.7 Å². The van der Waals surface area contributed by atoms with Crippen molar-refractivity contribution in [2.75, 3.05) is 17.2 Å². The summed E-state index contributed by atoms with van der Waals surface area (Å²) in [6, 6.07) is 14.6. The first-order valence-corrected chi connectivity index (χ1v) is 8.60. The number of hydrogen-bond donors (Lipinski definition) is 2. The molecule has 7 heteroatoms. The van der Waals surface area contributed by atoms with Gasteiger partial charge in [-0.25, -0.2) is 0 Å². The summed E-state index contributed by atoms with van der Waals surface area (Å²) in [6.07, 6.45) is 1.49. The van der Waals surface area contributed by atoms with Crippen molar-refractivity contribution < 1.29 is 9.53 Å². The molecule has 28 heavy (non-hydrogen) atoms. The highest BCUT2D eigenvalue weighted by atomic mass is 16.5. The number of nitrogens with zero attached hydrogens (tertiary/aromatic N) is 3. The zero-order valence-electron chi connectivity index (χ0n) is 15.4. The Kier molecular flexibility index (Phi) is 5.38. The predicted molar refractivity (Wildman–Crippen MR) is 106 cm³/mol. The van der Waals surface area contributed by atoms with Crippen LogP contribution in [-0.2, 0) is 4.79 Å². The molecule has 1 aromatic heterocycles. The maximum Gasteiger partial charge on any atom is 0.221 e. The number of rotatable bonds is 5. The summed E-state index contributed by atoms with van der Waals surface area (Å²) in [7, 11) is 0. The van der Waals surface area contributed by atoms with Crippen LogP contribution in [0.4, 0.5) is 17.1 Å². The number of anilines is 3. The van der Waals surface area contributed by atoms with E-state index in [1.54, 1.807) is 36.4 Å². The van der Waals surface area contributed by atoms with Crippen LogP contribution in [0.3, 0.4) is 0 Å². The average molecular weight is 371 g/mol. The Morgan fingerprint density at radius 1 is 1.18 bits per heavy atom. The van der Waals surface area contributed by atoms with E-state index in [4.69, 9.17) is 10.00 Å². The van der Waals surface area contributed by atoms with E-state index < -0.39 is 0 Å². The fraction of sp³-hybridized carbons (Fsp3) is 0.143. The summed E-state index contributed by atoms with van der Waals surface area (Å²) in [5, 5.41) is 25.1. The van der Waals surface area contributed by atoms with Crippen LogP contribution >= 0.6 is 0 Å². The molecule has 0 saturated carbocycles. The molecule has 1 heterocycles. The van der Waals surface area contributed by atoms with E-state index in [-0.39, 0.29) is 5.91 Å². The van der Waals surface area contributed by atoms with Gasteiger partial charge >= 0.3 is 0 Å². The lowest BCUT2D eigenvalue weighted by Crippen LogP contribution is -2.08. The fourth-order valence-corrected chi connectivity index (χ4v) is 2.77. The van der Waals surface area contributed by atoms with Gasteiger partial charge in [0.15, 0.2) is 0 Å². The standard InChI is InChI=1S/C21H17N5O2/c1-3-28-20-9-18-17(8-19(20)25-13(2)27)21(15(11-23)12-24-18)26-16-6-4-14(10-22)5-7-16/h4-9,12H,3H2,1-2H3,(H,24,26)(H,25,27). The van der Waals surface area contributed by atoms with Crippen molar-refractivity contribution in [3.05, 3.63) is 53.7 Å². The molecular weight excluding hydrogens is 354 g/mol. The Hall–Kier alpha value is -4.10. The molecule has 0 atom stereocenters. The Morgan fingerprint density at radius 3 is 2.54 bits per heavy atom. The van der Waals surface area contributed by atoms with E-state index in [1.165, 1.54) is 13.1 Å². The Labute approximate surface area is 162 Å². The number of benzene rings is 2. The van der Waals surface area contributed by atoms with E-state index in [2.05, 4.69) is 27.8 Å². The Bertz CT molecular complexity index is 1120. The first kappa shape index (κ1) is 18.7. The largest absolute Gasteiger partial charge is 0.492 e. The van der Waals surface area contributed by atoms with Gasteiger partial charge in [-0.2, -0.15) is 10.5 Å². The molecule has 0 aliphatic rings. The van der Waals surface area contributed by atoms with Crippen molar-refractivity contribution in [1.29, 1.82) is 10.5 Å². The first-order chi connectivity index (χ1) is 13.5. The second kappa shape index (κ2) is 8.07. The quantitative estimate of drug-likeness (QED) is 0.699. The minimum atomic E-state index is -0.230. The fourth-order valence-electron chi connectivity index (χ4n) is 2.77. The van der Waals surface area contributed by atoms with E-state index >= 15 is 0 Å². The van der Waals surface area contributed by atoms with Gasteiger partial charge in [-0.15, -0.1) is 0 Å². The Balaban J connectivity index is 2.16. The zero-order valence-corrected chi connectivity index (χ0v) is 15.4. The summed E-state index contributed by atoms with van der Waals surface area (Å²) in [5.74, 6) is 0.276. The molecule has 0 unspecified atom stereocenters. The second-order valence-corrected chi connectivity index (χ2v) is 5.95. The third kappa shape index (κ3) is 3.84. The Morgan fingerprint density at radius 2 is 1.93 bits per heavy atom. The van der Waals surface area contributed by atoms with Gasteiger partial charge in [0.2, 0.25) is 5.91 Å². The molecule has 0 aliphatic carbocycles. The lowest BCUT2D eigenvalue weighted by molar-refractivity contribution is -0.114. The lowest BCUT2D eigenvalue weighted by Gasteiger charge is -2.15. The first-order valence-electron chi connectivity index (χ1n) is 8.60. The minimum Gasteiger partial charge on any atom is -0.492 e. The van der Waals surface area contributed by atoms with Crippen LogP contribution < -0.4 is 15.4 Å². The minimum absolute atomic E-state index is 0.230. The average Bonchev–Trinajstić information content (AvgIpc) is 2.69. The summed E-state index contributed by atoms with van der Waals surface area (Å²) in [6.45, 7) is 3.70. The summed E-state index contributed by atoms with van der Waals surface area (Å²) < 4.78 is 5.62. The maximum absolute atomic E-state index is 11.6. The number of carbonyl (C=O) groups excluding carboxylic acids is 1. The number of carbonyl (C=O) groups is 1. The topological polar surface area (TPSA) is 111 Å². The number of hydrogen-bond acceptors (Lipinski definition) is 6. The third-order valence-electron chi connectivity index (χ3n) is 3.98. The van der Waals surface area contributed by atoms with Gasteiger partial charge < -0.3 is 15.4 Å². The maximum atomic E-state index is 11.6. The molecule has 0 fully saturated rings. The molecule has 2 N–H and O–H groups in total. The van der Waals surface area contributed by atoms with Crippen LogP contribution in [0.5, 0.6) is 5.75 Å². The molecule has 3 aromatic rings. The number of fused-ring (bicyclic) bond motifs is 1. The summed E-state index contributed by atoms with van der Waals surface area (Å²) in [4.78, 5) is 15.9. The zero-order chi connectivity index (χ0) is 20.1. The predicted octanol–water partition coefficient (Wildman–Crippen LogP) is 4.08. The molecule has 0 spiro atoms. The van der Waals surface area contributed by atoms with Crippen LogP contribution in [0.2, 0.25) is 0 Å². The highest BCUT2D eigenvalue weighted by Gasteiger charge is 2.14.